The predicted octanol–water partition coefficient (Wildman–Crippen LogP) is 4.66. The molecule has 4 aromatic rings. The number of fused-ring (bicyclic) bond motifs is 1. The summed E-state index contributed by atoms with van der Waals surface area (Å²) in [6.45, 7) is 10.4. The minimum absolute atomic E-state index is 0.260. The Hall–Kier alpha value is -3.71. The van der Waals surface area contributed by atoms with Crippen molar-refractivity contribution in [3.8, 4) is 28.3 Å². The number of hydrogen-bond donors (Lipinski definition) is 0. The van der Waals surface area contributed by atoms with Crippen LogP contribution in [0, 0.1) is 17.2 Å². The van der Waals surface area contributed by atoms with Crippen LogP contribution in [0.4, 0.5) is 5.82 Å². The van der Waals surface area contributed by atoms with Crippen molar-refractivity contribution in [2.45, 2.75) is 33.7 Å². The van der Waals surface area contributed by atoms with Crippen molar-refractivity contribution in [2.24, 2.45) is 10.3 Å². The number of rotatable bonds is 6. The third kappa shape index (κ3) is 5.09. The second kappa shape index (κ2) is 9.98. The highest BCUT2D eigenvalue weighted by molar-refractivity contribution is 7.93. The van der Waals surface area contributed by atoms with Crippen LogP contribution >= 0.6 is 0 Å². The average Bonchev–Trinajstić information content (AvgIpc) is 3.55. The average molecular weight is 517 g/mol. The molecule has 1 aliphatic rings. The largest absolute Gasteiger partial charge is 0.355 e. The molecule has 0 spiro atoms. The first-order valence-electron chi connectivity index (χ1n) is 12.6. The van der Waals surface area contributed by atoms with Gasteiger partial charge >= 0.3 is 0 Å². The highest BCUT2D eigenvalue weighted by atomic mass is 32.2. The van der Waals surface area contributed by atoms with E-state index in [9.17, 15) is 9.47 Å². The highest BCUT2D eigenvalue weighted by Crippen LogP contribution is 2.32. The Bertz CT molecular complexity index is 1570. The molecular formula is C27H32N8OS. The first-order chi connectivity index (χ1) is 17.8. The lowest BCUT2D eigenvalue weighted by atomic mass is 10.0. The van der Waals surface area contributed by atoms with Gasteiger partial charge in [0, 0.05) is 71.5 Å². The Kier molecular flexibility index (Phi) is 6.73. The lowest BCUT2D eigenvalue weighted by Gasteiger charge is -2.30. The molecule has 0 aromatic carbocycles. The molecule has 0 unspecified atom stereocenters. The molecule has 0 atom stereocenters. The van der Waals surface area contributed by atoms with Crippen molar-refractivity contribution < 1.29 is 4.21 Å². The molecule has 9 nitrogen and oxygen atoms in total. The fraction of sp³-hybridized carbons (Fsp3) is 0.407. The van der Waals surface area contributed by atoms with E-state index in [1.165, 1.54) is 0 Å². The second-order valence-electron chi connectivity index (χ2n) is 10.2. The Morgan fingerprint density at radius 3 is 2.43 bits per heavy atom. The van der Waals surface area contributed by atoms with Gasteiger partial charge in [-0.25, -0.2) is 18.1 Å². The number of hydrogen-bond acceptors (Lipinski definition) is 7. The highest BCUT2D eigenvalue weighted by Gasteiger charge is 2.22. The summed E-state index contributed by atoms with van der Waals surface area (Å²) in [6, 6.07) is 8.62. The first-order valence-corrected chi connectivity index (χ1v) is 14.5. The van der Waals surface area contributed by atoms with Crippen molar-refractivity contribution >= 4 is 21.1 Å². The van der Waals surface area contributed by atoms with Crippen molar-refractivity contribution in [3.63, 3.8) is 0 Å². The van der Waals surface area contributed by atoms with Crippen molar-refractivity contribution in [1.29, 1.82) is 5.26 Å². The van der Waals surface area contributed by atoms with E-state index >= 15 is 0 Å². The van der Waals surface area contributed by atoms with E-state index in [0.717, 1.165) is 33.6 Å². The summed E-state index contributed by atoms with van der Waals surface area (Å²) in [4.78, 5) is 6.92. The molecule has 1 fully saturated rings. The molecular weight excluding hydrogens is 484 g/mol. The lowest BCUT2D eigenvalue weighted by molar-refractivity contribution is 0.532. The van der Waals surface area contributed by atoms with E-state index in [1.807, 2.05) is 41.6 Å². The van der Waals surface area contributed by atoms with Gasteiger partial charge in [-0.15, -0.1) is 0 Å². The smallest absolute Gasteiger partial charge is 0.128 e. The van der Waals surface area contributed by atoms with Gasteiger partial charge in [0.15, 0.2) is 0 Å². The van der Waals surface area contributed by atoms with Crippen molar-refractivity contribution in [1.82, 2.24) is 24.4 Å². The first kappa shape index (κ1) is 25.0. The van der Waals surface area contributed by atoms with Crippen LogP contribution in [0.3, 0.4) is 0 Å². The zero-order valence-electron chi connectivity index (χ0n) is 21.7. The maximum absolute atomic E-state index is 13.0. The van der Waals surface area contributed by atoms with Gasteiger partial charge in [0.25, 0.3) is 0 Å². The number of aromatic nitrogens is 5. The molecule has 5 heterocycles. The van der Waals surface area contributed by atoms with Crippen LogP contribution in [0.15, 0.2) is 53.5 Å². The molecule has 0 saturated carbocycles. The molecule has 0 amide bonds. The van der Waals surface area contributed by atoms with Gasteiger partial charge in [0.05, 0.1) is 39.7 Å². The Labute approximate surface area is 217 Å². The number of anilines is 1. The van der Waals surface area contributed by atoms with E-state index in [4.69, 9.17) is 4.98 Å². The summed E-state index contributed by atoms with van der Waals surface area (Å²) in [5, 5.41) is 18.6. The molecule has 0 aliphatic carbocycles. The summed E-state index contributed by atoms with van der Waals surface area (Å²) >= 11 is 0. The van der Waals surface area contributed by atoms with Crippen LogP contribution in [-0.4, -0.2) is 59.7 Å². The normalized spacial score (nSPS) is 15.4. The SMILES string of the molecule is CC(C)CN=S1(=O)CCN(c2ccc(-c3cc(-c4cnn(C(C)C)c4)cn4ncc(C#N)c34)cn2)CC1. The Morgan fingerprint density at radius 1 is 1.03 bits per heavy atom. The zero-order chi connectivity index (χ0) is 26.2. The van der Waals surface area contributed by atoms with E-state index in [-0.39, 0.29) is 6.04 Å². The predicted molar refractivity (Wildman–Crippen MR) is 147 cm³/mol. The third-order valence-corrected chi connectivity index (χ3v) is 8.87. The fourth-order valence-corrected chi connectivity index (χ4v) is 6.49. The van der Waals surface area contributed by atoms with Crippen LogP contribution in [0.25, 0.3) is 27.8 Å². The Balaban J connectivity index is 1.46. The monoisotopic (exact) mass is 516 g/mol. The molecule has 10 heteroatoms. The van der Waals surface area contributed by atoms with Gasteiger partial charge in [-0.05, 0) is 38.0 Å². The summed E-state index contributed by atoms with van der Waals surface area (Å²) in [5.41, 5.74) is 4.99. The minimum atomic E-state index is -2.13. The van der Waals surface area contributed by atoms with E-state index in [0.29, 0.717) is 42.6 Å². The van der Waals surface area contributed by atoms with E-state index in [2.05, 4.69) is 59.3 Å². The molecule has 0 N–H and O–H groups in total. The Morgan fingerprint density at radius 2 is 1.81 bits per heavy atom. The van der Waals surface area contributed by atoms with Crippen LogP contribution < -0.4 is 4.90 Å². The van der Waals surface area contributed by atoms with Crippen LogP contribution in [0.1, 0.15) is 39.3 Å². The number of nitriles is 1. The molecule has 37 heavy (non-hydrogen) atoms. The third-order valence-electron chi connectivity index (χ3n) is 6.61. The molecule has 1 saturated heterocycles. The fourth-order valence-electron chi connectivity index (χ4n) is 4.45. The maximum Gasteiger partial charge on any atom is 0.128 e. The van der Waals surface area contributed by atoms with Gasteiger partial charge in [-0.3, -0.25) is 4.68 Å². The van der Waals surface area contributed by atoms with Gasteiger partial charge in [-0.1, -0.05) is 13.8 Å². The number of nitrogens with zero attached hydrogens (tertiary/aromatic N) is 8. The molecule has 0 radical (unpaired) electrons. The standard InChI is InChI=1S/C27H32N8OS/c1-19(2)13-32-37(36)9-7-33(8-10-37)26-6-5-21(14-29-26)25-11-22(24-16-30-34(18-24)20(3)4)17-35-27(25)23(12-28)15-31-35/h5-6,11,14-20H,7-10,13H2,1-4H3. The summed E-state index contributed by atoms with van der Waals surface area (Å²) < 4.78 is 21.2. The van der Waals surface area contributed by atoms with Crippen molar-refractivity contribution in [2.75, 3.05) is 36.0 Å². The van der Waals surface area contributed by atoms with Gasteiger partial charge in [0.1, 0.15) is 11.9 Å². The van der Waals surface area contributed by atoms with Crippen LogP contribution in [-0.2, 0) is 9.73 Å². The van der Waals surface area contributed by atoms with Gasteiger partial charge in [0.2, 0.25) is 0 Å². The molecule has 4 aromatic heterocycles. The molecule has 1 aliphatic heterocycles. The summed E-state index contributed by atoms with van der Waals surface area (Å²) in [6.07, 6.45) is 9.24. The quantitative estimate of drug-likeness (QED) is 0.369. The topological polar surface area (TPSA) is 104 Å². The van der Waals surface area contributed by atoms with Crippen molar-refractivity contribution in [3.05, 3.63) is 54.7 Å². The minimum Gasteiger partial charge on any atom is -0.355 e. The number of pyridine rings is 2. The molecule has 192 valence electrons. The zero-order valence-corrected chi connectivity index (χ0v) is 22.5. The van der Waals surface area contributed by atoms with Gasteiger partial charge in [-0.2, -0.15) is 15.5 Å². The lowest BCUT2D eigenvalue weighted by Crippen LogP contribution is -2.40. The summed E-state index contributed by atoms with van der Waals surface area (Å²) in [7, 11) is -2.13. The second-order valence-corrected chi connectivity index (χ2v) is 12.8. The van der Waals surface area contributed by atoms with E-state index in [1.54, 1.807) is 10.7 Å². The van der Waals surface area contributed by atoms with Gasteiger partial charge < -0.3 is 4.90 Å². The molecule has 5 rings (SSSR count). The van der Waals surface area contributed by atoms with E-state index < -0.39 is 9.73 Å². The molecule has 0 bridgehead atoms. The maximum atomic E-state index is 13.0. The van der Waals surface area contributed by atoms with Crippen LogP contribution in [0.2, 0.25) is 0 Å². The van der Waals surface area contributed by atoms with Crippen LogP contribution in [0.5, 0.6) is 0 Å². The summed E-state index contributed by atoms with van der Waals surface area (Å²) in [5.74, 6) is 2.40.